The fourth-order valence-corrected chi connectivity index (χ4v) is 3.12. The molecule has 4 rings (SSSR count). The number of rotatable bonds is 6. The number of nitrogens with zero attached hydrogens (tertiary/aromatic N) is 3. The number of aryl methyl sites for hydroxylation is 3. The van der Waals surface area contributed by atoms with Crippen molar-refractivity contribution in [1.29, 1.82) is 0 Å². The largest absolute Gasteiger partial charge is 0.489 e. The van der Waals surface area contributed by atoms with Gasteiger partial charge in [0.05, 0.1) is 16.9 Å². The lowest BCUT2D eigenvalue weighted by Crippen LogP contribution is -2.12. The molecule has 0 aliphatic heterocycles. The van der Waals surface area contributed by atoms with Crippen molar-refractivity contribution in [3.8, 4) is 11.4 Å². The van der Waals surface area contributed by atoms with Crippen LogP contribution in [0.2, 0.25) is 0 Å². The molecule has 1 N–H and O–H groups in total. The number of nitrogens with one attached hydrogen (secondary N) is 1. The van der Waals surface area contributed by atoms with Crippen molar-refractivity contribution < 1.29 is 14.1 Å². The van der Waals surface area contributed by atoms with Crippen LogP contribution in [0.15, 0.2) is 65.3 Å². The van der Waals surface area contributed by atoms with Crippen LogP contribution in [-0.4, -0.2) is 20.8 Å². The molecule has 0 atom stereocenters. The van der Waals surface area contributed by atoms with Crippen LogP contribution < -0.4 is 10.1 Å². The van der Waals surface area contributed by atoms with E-state index in [4.69, 9.17) is 9.26 Å². The number of benzene rings is 2. The van der Waals surface area contributed by atoms with E-state index in [2.05, 4.69) is 15.6 Å². The minimum Gasteiger partial charge on any atom is -0.489 e. The van der Waals surface area contributed by atoms with Gasteiger partial charge in [-0.15, -0.1) is 0 Å². The van der Waals surface area contributed by atoms with Gasteiger partial charge in [-0.05, 0) is 69.3 Å². The first kappa shape index (κ1) is 19.4. The molecule has 0 saturated heterocycles. The Morgan fingerprint density at radius 2 is 1.90 bits per heavy atom. The summed E-state index contributed by atoms with van der Waals surface area (Å²) in [6.45, 7) is 6.08. The Morgan fingerprint density at radius 3 is 2.57 bits per heavy atom. The lowest BCUT2D eigenvalue weighted by Gasteiger charge is -2.10. The molecule has 7 nitrogen and oxygen atoms in total. The van der Waals surface area contributed by atoms with Crippen LogP contribution in [0.4, 0.5) is 5.69 Å². The summed E-state index contributed by atoms with van der Waals surface area (Å²) in [5, 5.41) is 11.1. The normalized spacial score (nSPS) is 10.8. The number of hydrogen-bond donors (Lipinski definition) is 1. The molecule has 0 fully saturated rings. The second-order valence-corrected chi connectivity index (χ2v) is 7.00. The molecular weight excluding hydrogens is 380 g/mol. The molecule has 152 valence electrons. The van der Waals surface area contributed by atoms with E-state index in [1.807, 2.05) is 55.8 Å². The van der Waals surface area contributed by atoms with Crippen LogP contribution in [0.25, 0.3) is 5.69 Å². The fourth-order valence-electron chi connectivity index (χ4n) is 3.12. The highest BCUT2D eigenvalue weighted by molar-refractivity contribution is 6.04. The van der Waals surface area contributed by atoms with Crippen LogP contribution in [0, 0.1) is 20.8 Å². The molecular formula is C23H22N4O3. The summed E-state index contributed by atoms with van der Waals surface area (Å²) in [5.74, 6) is 1.22. The highest BCUT2D eigenvalue weighted by Crippen LogP contribution is 2.20. The first-order chi connectivity index (χ1) is 14.5. The minimum atomic E-state index is -0.193. The Balaban J connectivity index is 1.41. The molecule has 2 aromatic heterocycles. The van der Waals surface area contributed by atoms with Gasteiger partial charge in [0.1, 0.15) is 18.1 Å². The van der Waals surface area contributed by atoms with Crippen molar-refractivity contribution in [2.24, 2.45) is 0 Å². The van der Waals surface area contributed by atoms with E-state index >= 15 is 0 Å². The minimum absolute atomic E-state index is 0.193. The molecule has 2 aromatic carbocycles. The zero-order valence-corrected chi connectivity index (χ0v) is 17.0. The van der Waals surface area contributed by atoms with Crippen LogP contribution in [-0.2, 0) is 6.61 Å². The molecule has 0 spiro atoms. The van der Waals surface area contributed by atoms with E-state index in [1.54, 1.807) is 30.5 Å². The molecule has 7 heteroatoms. The molecule has 1 amide bonds. The first-order valence-electron chi connectivity index (χ1n) is 9.58. The highest BCUT2D eigenvalue weighted by Gasteiger charge is 2.11. The van der Waals surface area contributed by atoms with Gasteiger partial charge >= 0.3 is 0 Å². The Kier molecular flexibility index (Phi) is 5.34. The monoisotopic (exact) mass is 402 g/mol. The predicted octanol–water partition coefficient (Wildman–Crippen LogP) is 4.62. The lowest BCUT2D eigenvalue weighted by atomic mass is 10.2. The van der Waals surface area contributed by atoms with Crippen molar-refractivity contribution in [2.75, 3.05) is 5.32 Å². The number of hydrogen-bond acceptors (Lipinski definition) is 5. The van der Waals surface area contributed by atoms with E-state index in [9.17, 15) is 4.79 Å². The second-order valence-electron chi connectivity index (χ2n) is 7.00. The summed E-state index contributed by atoms with van der Waals surface area (Å²) in [6.07, 6.45) is 1.75. The topological polar surface area (TPSA) is 82.2 Å². The predicted molar refractivity (Wildman–Crippen MR) is 113 cm³/mol. The summed E-state index contributed by atoms with van der Waals surface area (Å²) in [4.78, 5) is 12.6. The van der Waals surface area contributed by atoms with Crippen molar-refractivity contribution in [1.82, 2.24) is 14.9 Å². The van der Waals surface area contributed by atoms with Crippen molar-refractivity contribution in [3.63, 3.8) is 0 Å². The average Bonchev–Trinajstić information content (AvgIpc) is 3.32. The summed E-state index contributed by atoms with van der Waals surface area (Å²) in [5.41, 5.74) is 4.90. The first-order valence-corrected chi connectivity index (χ1v) is 9.58. The Hall–Kier alpha value is -3.87. The number of carbonyl (C=O) groups excluding carboxylic acids is 1. The van der Waals surface area contributed by atoms with Crippen molar-refractivity contribution in [2.45, 2.75) is 27.4 Å². The van der Waals surface area contributed by atoms with Crippen molar-refractivity contribution >= 4 is 11.6 Å². The van der Waals surface area contributed by atoms with Gasteiger partial charge in [0.15, 0.2) is 0 Å². The van der Waals surface area contributed by atoms with E-state index in [-0.39, 0.29) is 5.91 Å². The number of ether oxygens (including phenoxy) is 1. The van der Waals surface area contributed by atoms with Gasteiger partial charge in [-0.3, -0.25) is 4.79 Å². The highest BCUT2D eigenvalue weighted by atomic mass is 16.5. The number of amides is 1. The van der Waals surface area contributed by atoms with Gasteiger partial charge in [0, 0.05) is 23.1 Å². The van der Waals surface area contributed by atoms with E-state index in [1.165, 1.54) is 0 Å². The maximum absolute atomic E-state index is 12.6. The third-order valence-corrected chi connectivity index (χ3v) is 4.86. The van der Waals surface area contributed by atoms with Crippen LogP contribution in [0.5, 0.6) is 5.75 Å². The van der Waals surface area contributed by atoms with Crippen molar-refractivity contribution in [3.05, 3.63) is 89.1 Å². The number of aromatic nitrogens is 3. The summed E-state index contributed by atoms with van der Waals surface area (Å²) < 4.78 is 12.8. The van der Waals surface area contributed by atoms with E-state index < -0.39 is 0 Å². The molecule has 0 unspecified atom stereocenters. The number of anilines is 1. The third kappa shape index (κ3) is 4.10. The molecule has 0 aliphatic carbocycles. The molecule has 30 heavy (non-hydrogen) atoms. The molecule has 4 aromatic rings. The summed E-state index contributed by atoms with van der Waals surface area (Å²) in [6, 6.07) is 16.5. The van der Waals surface area contributed by atoms with E-state index in [0.717, 1.165) is 28.4 Å². The van der Waals surface area contributed by atoms with Gasteiger partial charge in [-0.2, -0.15) is 5.10 Å². The molecule has 0 saturated carbocycles. The maximum Gasteiger partial charge on any atom is 0.255 e. The SMILES string of the molecule is Cc1noc(C)c1COc1ccc(C(=O)Nc2cccc(-n3nccc3C)c2)cc1. The smallest absolute Gasteiger partial charge is 0.255 e. The summed E-state index contributed by atoms with van der Waals surface area (Å²) >= 11 is 0. The summed E-state index contributed by atoms with van der Waals surface area (Å²) in [7, 11) is 0. The van der Waals surface area contributed by atoms with Gasteiger partial charge in [0.2, 0.25) is 0 Å². The molecule has 0 bridgehead atoms. The fraction of sp³-hybridized carbons (Fsp3) is 0.174. The van der Waals surface area contributed by atoms with Crippen LogP contribution in [0.1, 0.15) is 33.1 Å². The number of carbonyl (C=O) groups is 1. The van der Waals surface area contributed by atoms with Gasteiger partial charge < -0.3 is 14.6 Å². The third-order valence-electron chi connectivity index (χ3n) is 4.86. The Labute approximate surface area is 174 Å². The standard InChI is InChI=1S/C23H22N4O3/c1-15-11-12-24-27(15)20-6-4-5-19(13-20)25-23(28)18-7-9-21(10-8-18)29-14-22-16(2)26-30-17(22)3/h4-13H,14H2,1-3H3,(H,25,28). The van der Waals surface area contributed by atoms with Gasteiger partial charge in [-0.1, -0.05) is 11.2 Å². The van der Waals surface area contributed by atoms with Crippen LogP contribution in [0.3, 0.4) is 0 Å². The molecule has 2 heterocycles. The molecule has 0 aliphatic rings. The van der Waals surface area contributed by atoms with Gasteiger partial charge in [-0.25, -0.2) is 4.68 Å². The Morgan fingerprint density at radius 1 is 1.10 bits per heavy atom. The maximum atomic E-state index is 12.6. The molecule has 0 radical (unpaired) electrons. The zero-order valence-electron chi connectivity index (χ0n) is 17.0. The van der Waals surface area contributed by atoms with Crippen LogP contribution >= 0.6 is 0 Å². The quantitative estimate of drug-likeness (QED) is 0.509. The van der Waals surface area contributed by atoms with Gasteiger partial charge in [0.25, 0.3) is 5.91 Å². The average molecular weight is 402 g/mol. The van der Waals surface area contributed by atoms with E-state index in [0.29, 0.717) is 23.6 Å². The Bertz CT molecular complexity index is 1160. The lowest BCUT2D eigenvalue weighted by molar-refractivity contribution is 0.102. The second kappa shape index (κ2) is 8.24. The zero-order chi connectivity index (χ0) is 21.1.